The van der Waals surface area contributed by atoms with Crippen molar-refractivity contribution in [3.05, 3.63) is 59.7 Å². The second kappa shape index (κ2) is 8.72. The number of nitriles is 1. The minimum absolute atomic E-state index is 0.184. The van der Waals surface area contributed by atoms with Crippen molar-refractivity contribution in [1.29, 1.82) is 5.26 Å². The maximum absolute atomic E-state index is 12.6. The van der Waals surface area contributed by atoms with E-state index >= 15 is 0 Å². The van der Waals surface area contributed by atoms with Crippen LogP contribution in [0.3, 0.4) is 0 Å². The van der Waals surface area contributed by atoms with E-state index in [4.69, 9.17) is 0 Å². The van der Waals surface area contributed by atoms with Crippen molar-refractivity contribution in [3.63, 3.8) is 0 Å². The average Bonchev–Trinajstić information content (AvgIpc) is 3.10. The maximum atomic E-state index is 12.6. The fourth-order valence-electron chi connectivity index (χ4n) is 2.82. The second-order valence-electron chi connectivity index (χ2n) is 6.27. The molecule has 2 aromatic carbocycles. The SMILES string of the molecule is CCn1c(SC(C)C(=O)Nc2ccccc2C#N)nnc1-c1ccccc1C. The van der Waals surface area contributed by atoms with Crippen LogP contribution in [-0.2, 0) is 11.3 Å². The Bertz CT molecular complexity index is 1040. The van der Waals surface area contributed by atoms with Gasteiger partial charge in [-0.3, -0.25) is 4.79 Å². The molecule has 6 nitrogen and oxygen atoms in total. The third-order valence-electron chi connectivity index (χ3n) is 4.38. The van der Waals surface area contributed by atoms with E-state index in [1.54, 1.807) is 24.3 Å². The number of anilines is 1. The Labute approximate surface area is 168 Å². The lowest BCUT2D eigenvalue weighted by molar-refractivity contribution is -0.115. The van der Waals surface area contributed by atoms with Crippen molar-refractivity contribution in [1.82, 2.24) is 14.8 Å². The third kappa shape index (κ3) is 4.07. The van der Waals surface area contributed by atoms with Crippen LogP contribution in [0.25, 0.3) is 11.4 Å². The van der Waals surface area contributed by atoms with Gasteiger partial charge in [0.25, 0.3) is 0 Å². The predicted molar refractivity (Wildman–Crippen MR) is 111 cm³/mol. The smallest absolute Gasteiger partial charge is 0.237 e. The molecule has 1 aromatic heterocycles. The van der Waals surface area contributed by atoms with Crippen molar-refractivity contribution in [2.75, 3.05) is 5.32 Å². The maximum Gasteiger partial charge on any atom is 0.237 e. The van der Waals surface area contributed by atoms with Crippen molar-refractivity contribution >= 4 is 23.4 Å². The fraction of sp³-hybridized carbons (Fsp3) is 0.238. The number of nitrogens with zero attached hydrogens (tertiary/aromatic N) is 4. The van der Waals surface area contributed by atoms with Crippen LogP contribution in [0, 0.1) is 18.3 Å². The highest BCUT2D eigenvalue weighted by Crippen LogP contribution is 2.29. The van der Waals surface area contributed by atoms with Crippen LogP contribution >= 0.6 is 11.8 Å². The molecule has 1 N–H and O–H groups in total. The number of hydrogen-bond donors (Lipinski definition) is 1. The van der Waals surface area contributed by atoms with Crippen molar-refractivity contribution in [2.24, 2.45) is 0 Å². The van der Waals surface area contributed by atoms with Gasteiger partial charge in [0, 0.05) is 12.1 Å². The summed E-state index contributed by atoms with van der Waals surface area (Å²) in [5, 5.41) is 21.0. The predicted octanol–water partition coefficient (Wildman–Crippen LogP) is 4.26. The first-order valence-electron chi connectivity index (χ1n) is 9.01. The summed E-state index contributed by atoms with van der Waals surface area (Å²) in [6, 6.07) is 17.1. The first-order chi connectivity index (χ1) is 13.5. The number of carbonyl (C=O) groups is 1. The lowest BCUT2D eigenvalue weighted by Gasteiger charge is -2.13. The van der Waals surface area contributed by atoms with Gasteiger partial charge in [-0.2, -0.15) is 5.26 Å². The topological polar surface area (TPSA) is 83.6 Å². The summed E-state index contributed by atoms with van der Waals surface area (Å²) in [6.07, 6.45) is 0. The molecule has 0 fully saturated rings. The van der Waals surface area contributed by atoms with E-state index in [0.29, 0.717) is 23.0 Å². The second-order valence-corrected chi connectivity index (χ2v) is 7.58. The van der Waals surface area contributed by atoms with Gasteiger partial charge in [-0.1, -0.05) is 48.2 Å². The lowest BCUT2D eigenvalue weighted by Crippen LogP contribution is -2.23. The number of amides is 1. The van der Waals surface area contributed by atoms with Crippen LogP contribution < -0.4 is 5.32 Å². The molecule has 142 valence electrons. The Morgan fingerprint density at radius 1 is 1.21 bits per heavy atom. The van der Waals surface area contributed by atoms with E-state index in [9.17, 15) is 10.1 Å². The fourth-order valence-corrected chi connectivity index (χ4v) is 3.73. The number of hydrogen-bond acceptors (Lipinski definition) is 5. The van der Waals surface area contributed by atoms with E-state index in [1.165, 1.54) is 11.8 Å². The normalized spacial score (nSPS) is 11.6. The van der Waals surface area contributed by atoms with Gasteiger partial charge in [0.15, 0.2) is 11.0 Å². The number of para-hydroxylation sites is 1. The molecule has 1 amide bonds. The molecule has 0 bridgehead atoms. The number of benzene rings is 2. The van der Waals surface area contributed by atoms with Gasteiger partial charge in [-0.25, -0.2) is 0 Å². The van der Waals surface area contributed by atoms with Gasteiger partial charge in [0.05, 0.1) is 16.5 Å². The lowest BCUT2D eigenvalue weighted by atomic mass is 10.1. The molecule has 0 aliphatic rings. The molecule has 1 unspecified atom stereocenters. The Kier molecular flexibility index (Phi) is 6.12. The van der Waals surface area contributed by atoms with Gasteiger partial charge in [0.1, 0.15) is 6.07 Å². The van der Waals surface area contributed by atoms with Gasteiger partial charge in [-0.05, 0) is 38.5 Å². The molecular formula is C21H21N5OS. The van der Waals surface area contributed by atoms with Crippen LogP contribution in [-0.4, -0.2) is 25.9 Å². The molecule has 0 aliphatic carbocycles. The van der Waals surface area contributed by atoms with Gasteiger partial charge in [-0.15, -0.1) is 10.2 Å². The van der Waals surface area contributed by atoms with Crippen molar-refractivity contribution < 1.29 is 4.79 Å². The zero-order valence-corrected chi connectivity index (χ0v) is 16.8. The van der Waals surface area contributed by atoms with Crippen LogP contribution in [0.4, 0.5) is 5.69 Å². The molecule has 28 heavy (non-hydrogen) atoms. The first-order valence-corrected chi connectivity index (χ1v) is 9.89. The van der Waals surface area contributed by atoms with Crippen molar-refractivity contribution in [3.8, 4) is 17.5 Å². The first kappa shape index (κ1) is 19.6. The summed E-state index contributed by atoms with van der Waals surface area (Å²) in [4.78, 5) is 12.6. The van der Waals surface area contributed by atoms with E-state index in [2.05, 4.69) is 21.6 Å². The van der Waals surface area contributed by atoms with Gasteiger partial charge in [0.2, 0.25) is 5.91 Å². The summed E-state index contributed by atoms with van der Waals surface area (Å²) in [5.41, 5.74) is 3.11. The van der Waals surface area contributed by atoms with Crippen molar-refractivity contribution in [2.45, 2.75) is 37.7 Å². The summed E-state index contributed by atoms with van der Waals surface area (Å²) in [5.74, 6) is 0.612. The number of thioether (sulfide) groups is 1. The zero-order valence-electron chi connectivity index (χ0n) is 16.0. The van der Waals surface area contributed by atoms with E-state index in [1.807, 2.05) is 49.6 Å². The average molecular weight is 392 g/mol. The Balaban J connectivity index is 1.79. The standard InChI is InChI=1S/C21H21N5OS/c1-4-26-19(17-11-7-5-9-14(17)2)24-25-21(26)28-15(3)20(27)23-18-12-8-6-10-16(18)13-22/h5-12,15H,4H2,1-3H3,(H,23,27). The number of carbonyl (C=O) groups excluding carboxylic acids is 1. The van der Waals surface area contributed by atoms with E-state index < -0.39 is 5.25 Å². The minimum Gasteiger partial charge on any atom is -0.324 e. The highest BCUT2D eigenvalue weighted by Gasteiger charge is 2.21. The number of nitrogens with one attached hydrogen (secondary N) is 1. The van der Waals surface area contributed by atoms with Gasteiger partial charge >= 0.3 is 0 Å². The molecule has 1 heterocycles. The summed E-state index contributed by atoms with van der Waals surface area (Å²) >= 11 is 1.35. The van der Waals surface area contributed by atoms with Gasteiger partial charge < -0.3 is 9.88 Å². The number of rotatable bonds is 6. The summed E-state index contributed by atoms with van der Waals surface area (Å²) in [7, 11) is 0. The Hall–Kier alpha value is -3.11. The molecule has 0 aliphatic heterocycles. The minimum atomic E-state index is -0.397. The quantitative estimate of drug-likeness (QED) is 0.635. The molecule has 3 rings (SSSR count). The summed E-state index contributed by atoms with van der Waals surface area (Å²) in [6.45, 7) is 6.59. The molecule has 0 spiro atoms. The Morgan fingerprint density at radius 3 is 2.64 bits per heavy atom. The molecule has 1 atom stereocenters. The molecule has 0 saturated carbocycles. The van der Waals surface area contributed by atoms with Crippen LogP contribution in [0.5, 0.6) is 0 Å². The van der Waals surface area contributed by atoms with Crippen LogP contribution in [0.2, 0.25) is 0 Å². The number of aryl methyl sites for hydroxylation is 1. The summed E-state index contributed by atoms with van der Waals surface area (Å²) < 4.78 is 2.01. The van der Waals surface area contributed by atoms with E-state index in [-0.39, 0.29) is 5.91 Å². The highest BCUT2D eigenvalue weighted by atomic mass is 32.2. The zero-order chi connectivity index (χ0) is 20.1. The van der Waals surface area contributed by atoms with Crippen LogP contribution in [0.15, 0.2) is 53.7 Å². The largest absolute Gasteiger partial charge is 0.324 e. The molecule has 0 saturated heterocycles. The van der Waals surface area contributed by atoms with E-state index in [0.717, 1.165) is 17.0 Å². The van der Waals surface area contributed by atoms with Crippen LogP contribution in [0.1, 0.15) is 25.0 Å². The Morgan fingerprint density at radius 2 is 1.93 bits per heavy atom. The molecule has 7 heteroatoms. The third-order valence-corrected chi connectivity index (χ3v) is 5.46. The molecule has 0 radical (unpaired) electrons. The molecular weight excluding hydrogens is 370 g/mol. The monoisotopic (exact) mass is 391 g/mol. The highest BCUT2D eigenvalue weighted by molar-refractivity contribution is 8.00. The molecule has 3 aromatic rings. The number of aromatic nitrogens is 3.